The second-order valence-electron chi connectivity index (χ2n) is 7.06. The minimum atomic E-state index is -0.445. The Hall–Kier alpha value is -3.78. The van der Waals surface area contributed by atoms with Crippen LogP contribution in [0.1, 0.15) is 29.1 Å². The highest BCUT2D eigenvalue weighted by molar-refractivity contribution is 7.16. The van der Waals surface area contributed by atoms with Crippen LogP contribution in [0.25, 0.3) is 11.3 Å². The van der Waals surface area contributed by atoms with Gasteiger partial charge < -0.3 is 10.1 Å². The van der Waals surface area contributed by atoms with E-state index in [4.69, 9.17) is 4.74 Å². The monoisotopic (exact) mass is 449 g/mol. The van der Waals surface area contributed by atoms with Crippen LogP contribution in [0.4, 0.5) is 10.8 Å². The van der Waals surface area contributed by atoms with E-state index < -0.39 is 11.8 Å². The number of aromatic nitrogens is 1. The molecule has 2 amide bonds. The van der Waals surface area contributed by atoms with Crippen molar-refractivity contribution in [2.45, 2.75) is 20.8 Å². The first kappa shape index (κ1) is 22.9. The minimum absolute atomic E-state index is 0.0526. The topological polar surface area (TPSA) is 97.4 Å². The highest BCUT2D eigenvalue weighted by Crippen LogP contribution is 2.31. The molecule has 0 unspecified atom stereocenters. The van der Waals surface area contributed by atoms with Gasteiger partial charge in [-0.15, -0.1) is 11.3 Å². The number of amides is 2. The summed E-state index contributed by atoms with van der Waals surface area (Å²) in [6.45, 7) is 4.95. The first-order valence-electron chi connectivity index (χ1n) is 9.80. The van der Waals surface area contributed by atoms with Gasteiger partial charge in [0, 0.05) is 33.3 Å². The zero-order valence-electron chi connectivity index (χ0n) is 18.2. The number of ether oxygens (including phenoxy) is 1. The van der Waals surface area contributed by atoms with Gasteiger partial charge in [-0.05, 0) is 69.3 Å². The van der Waals surface area contributed by atoms with Crippen molar-refractivity contribution in [3.05, 3.63) is 70.6 Å². The van der Waals surface area contributed by atoms with Gasteiger partial charge in [0.2, 0.25) is 0 Å². The van der Waals surface area contributed by atoms with Crippen LogP contribution in [-0.2, 0) is 9.59 Å². The molecule has 3 rings (SSSR count). The van der Waals surface area contributed by atoms with Crippen molar-refractivity contribution >= 4 is 39.8 Å². The summed E-state index contributed by atoms with van der Waals surface area (Å²) < 4.78 is 5.17. The number of carbonyl (C=O) groups is 3. The van der Waals surface area contributed by atoms with Crippen molar-refractivity contribution in [1.82, 2.24) is 4.98 Å². The molecule has 1 aromatic heterocycles. The van der Waals surface area contributed by atoms with Gasteiger partial charge in [0.05, 0.1) is 12.8 Å². The number of aryl methyl sites for hydroxylation is 1. The third-order valence-corrected chi connectivity index (χ3v) is 5.53. The van der Waals surface area contributed by atoms with E-state index >= 15 is 0 Å². The largest absolute Gasteiger partial charge is 0.497 e. The molecule has 0 spiro atoms. The Balaban J connectivity index is 1.64. The van der Waals surface area contributed by atoms with Crippen LogP contribution < -0.4 is 15.4 Å². The first-order valence-corrected chi connectivity index (χ1v) is 10.6. The Morgan fingerprint density at radius 1 is 0.969 bits per heavy atom. The molecule has 0 bridgehead atoms. The fourth-order valence-electron chi connectivity index (χ4n) is 2.89. The maximum Gasteiger partial charge on any atom is 0.251 e. The van der Waals surface area contributed by atoms with Gasteiger partial charge >= 0.3 is 0 Å². The number of methoxy groups -OCH3 is 1. The number of Topliss-reactive ketones (excluding diaryl/α,β-unsaturated/α-hetero) is 1. The molecule has 0 saturated carbocycles. The van der Waals surface area contributed by atoms with E-state index in [1.54, 1.807) is 38.3 Å². The number of carbonyl (C=O) groups excluding carboxylic acids is 3. The van der Waals surface area contributed by atoms with E-state index in [-0.39, 0.29) is 11.4 Å². The van der Waals surface area contributed by atoms with E-state index in [9.17, 15) is 14.4 Å². The quantitative estimate of drug-likeness (QED) is 0.397. The third-order valence-electron chi connectivity index (χ3n) is 4.65. The summed E-state index contributed by atoms with van der Waals surface area (Å²) in [5.74, 6) is -0.156. The van der Waals surface area contributed by atoms with Crippen LogP contribution in [-0.4, -0.2) is 29.7 Å². The number of benzene rings is 2. The number of nitrogens with one attached hydrogen (secondary N) is 2. The number of nitrogens with zero attached hydrogens (tertiary/aromatic N) is 1. The lowest BCUT2D eigenvalue weighted by Crippen LogP contribution is -2.16. The number of hydrogen-bond acceptors (Lipinski definition) is 6. The molecule has 0 fully saturated rings. The van der Waals surface area contributed by atoms with Gasteiger partial charge in [-0.1, -0.05) is 0 Å². The zero-order chi connectivity index (χ0) is 23.3. The van der Waals surface area contributed by atoms with Crippen molar-refractivity contribution in [2.75, 3.05) is 17.7 Å². The third kappa shape index (κ3) is 5.67. The summed E-state index contributed by atoms with van der Waals surface area (Å²) in [5, 5.41) is 5.86. The second-order valence-corrected chi connectivity index (χ2v) is 8.26. The summed E-state index contributed by atoms with van der Waals surface area (Å²) >= 11 is 1.36. The predicted molar refractivity (Wildman–Crippen MR) is 126 cm³/mol. The molecule has 3 aromatic rings. The fraction of sp³-hybridized carbons (Fsp3) is 0.167. The van der Waals surface area contributed by atoms with Crippen LogP contribution in [0.2, 0.25) is 0 Å². The van der Waals surface area contributed by atoms with Crippen LogP contribution >= 0.6 is 11.3 Å². The number of ketones is 1. The molecular formula is C24H23N3O4S. The summed E-state index contributed by atoms with van der Waals surface area (Å²) in [7, 11) is 1.61. The highest BCUT2D eigenvalue weighted by Gasteiger charge is 2.13. The zero-order valence-corrected chi connectivity index (χ0v) is 19.0. The molecule has 0 aliphatic rings. The normalized spacial score (nSPS) is 11.1. The molecule has 0 aliphatic carbocycles. The summed E-state index contributed by atoms with van der Waals surface area (Å²) in [4.78, 5) is 41.6. The lowest BCUT2D eigenvalue weighted by molar-refractivity contribution is -0.114. The van der Waals surface area contributed by atoms with Crippen LogP contribution in [0.3, 0.4) is 0 Å². The van der Waals surface area contributed by atoms with Crippen molar-refractivity contribution in [2.24, 2.45) is 0 Å². The second kappa shape index (κ2) is 10.0. The average molecular weight is 450 g/mol. The molecule has 0 atom stereocenters. The number of hydrogen-bond donors (Lipinski definition) is 2. The summed E-state index contributed by atoms with van der Waals surface area (Å²) in [6.07, 6.45) is 1.23. The Bertz CT molecular complexity index is 1180. The number of rotatable bonds is 7. The lowest BCUT2D eigenvalue weighted by Gasteiger charge is -2.06. The van der Waals surface area contributed by atoms with Crippen molar-refractivity contribution in [1.29, 1.82) is 0 Å². The summed E-state index contributed by atoms with van der Waals surface area (Å²) in [6, 6.07) is 14.1. The van der Waals surface area contributed by atoms with Gasteiger partial charge in [-0.3, -0.25) is 19.7 Å². The molecule has 2 aromatic carbocycles. The molecule has 32 heavy (non-hydrogen) atoms. The van der Waals surface area contributed by atoms with Crippen molar-refractivity contribution in [3.8, 4) is 17.0 Å². The SMILES string of the molecule is COc1ccc(-c2nc(NC(=O)/C=C(/C)C(=O)Nc3ccc(C(C)=O)cc3)sc2C)cc1. The maximum absolute atomic E-state index is 12.4. The van der Waals surface area contributed by atoms with E-state index in [1.807, 2.05) is 31.2 Å². The Kier molecular flexibility index (Phi) is 7.17. The predicted octanol–water partition coefficient (Wildman–Crippen LogP) is 4.85. The lowest BCUT2D eigenvalue weighted by atomic mass is 10.1. The molecular weight excluding hydrogens is 426 g/mol. The van der Waals surface area contributed by atoms with Crippen LogP contribution in [0.5, 0.6) is 5.75 Å². The van der Waals surface area contributed by atoms with Gasteiger partial charge in [0.15, 0.2) is 10.9 Å². The molecule has 0 saturated heterocycles. The number of anilines is 2. The van der Waals surface area contributed by atoms with E-state index in [2.05, 4.69) is 15.6 Å². The molecule has 0 radical (unpaired) electrons. The number of thiazole rings is 1. The maximum atomic E-state index is 12.4. The van der Waals surface area contributed by atoms with Gasteiger partial charge in [0.25, 0.3) is 11.8 Å². The molecule has 2 N–H and O–H groups in total. The summed E-state index contributed by atoms with van der Waals surface area (Å²) in [5.41, 5.74) is 3.03. The Labute approximate surface area is 190 Å². The Morgan fingerprint density at radius 3 is 2.22 bits per heavy atom. The Morgan fingerprint density at radius 2 is 1.62 bits per heavy atom. The van der Waals surface area contributed by atoms with Gasteiger partial charge in [-0.25, -0.2) is 4.98 Å². The smallest absolute Gasteiger partial charge is 0.251 e. The highest BCUT2D eigenvalue weighted by atomic mass is 32.1. The molecule has 8 heteroatoms. The van der Waals surface area contributed by atoms with Gasteiger partial charge in [-0.2, -0.15) is 0 Å². The van der Waals surface area contributed by atoms with E-state index in [0.29, 0.717) is 16.4 Å². The molecule has 0 aliphatic heterocycles. The average Bonchev–Trinajstić information content (AvgIpc) is 3.13. The fourth-order valence-corrected chi connectivity index (χ4v) is 3.73. The standard InChI is InChI=1S/C24H23N3O4S/c1-14(23(30)25-19-9-5-17(6-10-19)15(2)28)13-21(29)26-24-27-22(16(3)32-24)18-7-11-20(31-4)12-8-18/h5-13H,1-4H3,(H,25,30)(H,26,27,29)/b14-13-. The molecule has 164 valence electrons. The van der Waals surface area contributed by atoms with E-state index in [0.717, 1.165) is 21.9 Å². The molecule has 7 nitrogen and oxygen atoms in total. The molecule has 1 heterocycles. The minimum Gasteiger partial charge on any atom is -0.497 e. The van der Waals surface area contributed by atoms with Crippen LogP contribution in [0.15, 0.2) is 60.2 Å². The van der Waals surface area contributed by atoms with Crippen LogP contribution in [0, 0.1) is 6.92 Å². The van der Waals surface area contributed by atoms with E-state index in [1.165, 1.54) is 24.3 Å². The van der Waals surface area contributed by atoms with Gasteiger partial charge in [0.1, 0.15) is 5.75 Å². The van der Waals surface area contributed by atoms with Crippen molar-refractivity contribution < 1.29 is 19.1 Å². The van der Waals surface area contributed by atoms with Crippen molar-refractivity contribution in [3.63, 3.8) is 0 Å². The first-order chi connectivity index (χ1) is 15.3.